The molecule has 3 rings (SSSR count). The molecule has 0 fully saturated rings. The molecular weight excluding hydrogens is 344 g/mol. The number of fused-ring (bicyclic) bond motifs is 1. The first kappa shape index (κ1) is 18.6. The summed E-state index contributed by atoms with van der Waals surface area (Å²) in [5, 5.41) is 3.82. The maximum Gasteiger partial charge on any atom is 0.228 e. The van der Waals surface area contributed by atoms with Crippen LogP contribution in [0.2, 0.25) is 0 Å². The van der Waals surface area contributed by atoms with Crippen LogP contribution in [0, 0.1) is 0 Å². The number of para-hydroxylation sites is 1. The number of ether oxygens (including phenoxy) is 3. The molecule has 3 aromatic rings. The number of aromatic nitrogens is 1. The molecule has 0 unspecified atom stereocenters. The third-order valence-electron chi connectivity index (χ3n) is 4.58. The van der Waals surface area contributed by atoms with Crippen molar-refractivity contribution in [1.82, 2.24) is 4.98 Å². The number of hydrogen-bond donors (Lipinski definition) is 2. The minimum atomic E-state index is -0.0892. The smallest absolute Gasteiger partial charge is 0.228 e. The quantitative estimate of drug-likeness (QED) is 0.663. The van der Waals surface area contributed by atoms with Crippen molar-refractivity contribution >= 4 is 22.5 Å². The number of methoxy groups -OCH3 is 3. The fourth-order valence-corrected chi connectivity index (χ4v) is 3.28. The largest absolute Gasteiger partial charge is 0.493 e. The second-order valence-electron chi connectivity index (χ2n) is 6.12. The van der Waals surface area contributed by atoms with Crippen molar-refractivity contribution in [1.29, 1.82) is 0 Å². The van der Waals surface area contributed by atoms with Crippen LogP contribution in [0.25, 0.3) is 10.9 Å². The number of H-pyrrole nitrogens is 1. The van der Waals surface area contributed by atoms with Gasteiger partial charge in [0.2, 0.25) is 11.7 Å². The Morgan fingerprint density at radius 3 is 2.44 bits per heavy atom. The molecule has 0 atom stereocenters. The van der Waals surface area contributed by atoms with E-state index in [4.69, 9.17) is 14.2 Å². The predicted molar refractivity (Wildman–Crippen MR) is 106 cm³/mol. The number of nitrogens with one attached hydrogen (secondary N) is 2. The lowest BCUT2D eigenvalue weighted by Crippen LogP contribution is -2.15. The van der Waals surface area contributed by atoms with Crippen LogP contribution < -0.4 is 19.5 Å². The highest BCUT2D eigenvalue weighted by molar-refractivity contribution is 5.99. The van der Waals surface area contributed by atoms with E-state index in [0.29, 0.717) is 17.2 Å². The van der Waals surface area contributed by atoms with Gasteiger partial charge in [0.1, 0.15) is 0 Å². The number of rotatable bonds is 7. The summed E-state index contributed by atoms with van der Waals surface area (Å²) in [4.78, 5) is 15.8. The van der Waals surface area contributed by atoms with Gasteiger partial charge in [-0.3, -0.25) is 4.79 Å². The van der Waals surface area contributed by atoms with E-state index in [1.54, 1.807) is 21.3 Å². The molecule has 0 radical (unpaired) electrons. The molecule has 1 heterocycles. The van der Waals surface area contributed by atoms with Crippen LogP contribution in [0.1, 0.15) is 18.1 Å². The number of aromatic amines is 1. The van der Waals surface area contributed by atoms with Gasteiger partial charge >= 0.3 is 0 Å². The third-order valence-corrected chi connectivity index (χ3v) is 4.58. The van der Waals surface area contributed by atoms with Crippen LogP contribution in [0.15, 0.2) is 36.5 Å². The zero-order valence-corrected chi connectivity index (χ0v) is 16.0. The van der Waals surface area contributed by atoms with Crippen LogP contribution in [0.3, 0.4) is 0 Å². The molecule has 0 aliphatic rings. The summed E-state index contributed by atoms with van der Waals surface area (Å²) < 4.78 is 16.4. The van der Waals surface area contributed by atoms with Gasteiger partial charge in [0, 0.05) is 23.3 Å². The summed E-state index contributed by atoms with van der Waals surface area (Å²) >= 11 is 0. The highest BCUT2D eigenvalue weighted by Gasteiger charge is 2.21. The van der Waals surface area contributed by atoms with Crippen molar-refractivity contribution < 1.29 is 19.0 Å². The molecule has 27 heavy (non-hydrogen) atoms. The van der Waals surface area contributed by atoms with Gasteiger partial charge in [0.25, 0.3) is 0 Å². The number of carbonyl (C=O) groups is 1. The molecule has 0 bridgehead atoms. The van der Waals surface area contributed by atoms with Crippen LogP contribution in [-0.4, -0.2) is 32.2 Å². The number of carbonyl (C=O) groups excluding carboxylic acids is 1. The average Bonchev–Trinajstić information content (AvgIpc) is 3.08. The van der Waals surface area contributed by atoms with Gasteiger partial charge < -0.3 is 24.5 Å². The topological polar surface area (TPSA) is 72.6 Å². The van der Waals surface area contributed by atoms with Crippen molar-refractivity contribution in [3.63, 3.8) is 0 Å². The normalized spacial score (nSPS) is 10.7. The molecule has 1 amide bonds. The fourth-order valence-electron chi connectivity index (χ4n) is 3.28. The standard InChI is InChI=1S/C21H24N2O4/c1-5-13-8-6-7-9-15(13)23-18(24)10-14-12-22-16-11-17(25-2)20(26-3)21(27-4)19(14)16/h6-9,11-12,22H,5,10H2,1-4H3,(H,23,24). The van der Waals surface area contributed by atoms with Crippen molar-refractivity contribution in [2.24, 2.45) is 0 Å². The second-order valence-corrected chi connectivity index (χ2v) is 6.12. The number of hydrogen-bond acceptors (Lipinski definition) is 4. The third kappa shape index (κ3) is 3.56. The molecule has 2 aromatic carbocycles. The Balaban J connectivity index is 1.94. The molecule has 0 spiro atoms. The predicted octanol–water partition coefficient (Wildman–Crippen LogP) is 3.94. The first-order valence-electron chi connectivity index (χ1n) is 8.79. The summed E-state index contributed by atoms with van der Waals surface area (Å²) in [6.07, 6.45) is 2.88. The second kappa shape index (κ2) is 8.03. The zero-order chi connectivity index (χ0) is 19.4. The SMILES string of the molecule is CCc1ccccc1NC(=O)Cc1c[nH]c2cc(OC)c(OC)c(OC)c12. The van der Waals surface area contributed by atoms with Gasteiger partial charge in [-0.05, 0) is 23.6 Å². The number of aryl methyl sites for hydroxylation is 1. The maximum atomic E-state index is 12.6. The summed E-state index contributed by atoms with van der Waals surface area (Å²) in [7, 11) is 4.71. The zero-order valence-electron chi connectivity index (χ0n) is 16.0. The molecule has 0 saturated carbocycles. The monoisotopic (exact) mass is 368 g/mol. The van der Waals surface area contributed by atoms with Crippen LogP contribution >= 0.6 is 0 Å². The molecule has 0 saturated heterocycles. The first-order chi connectivity index (χ1) is 13.1. The Kier molecular flexibility index (Phi) is 5.54. The van der Waals surface area contributed by atoms with Gasteiger partial charge in [0.05, 0.1) is 33.3 Å². The molecular formula is C21H24N2O4. The Bertz CT molecular complexity index is 962. The lowest BCUT2D eigenvalue weighted by Gasteiger charge is -2.14. The Hall–Kier alpha value is -3.15. The lowest BCUT2D eigenvalue weighted by molar-refractivity contribution is -0.115. The highest BCUT2D eigenvalue weighted by atomic mass is 16.5. The van der Waals surface area contributed by atoms with Gasteiger partial charge in [0.15, 0.2) is 11.5 Å². The van der Waals surface area contributed by atoms with Gasteiger partial charge in [-0.15, -0.1) is 0 Å². The molecule has 0 aliphatic heterocycles. The molecule has 1 aromatic heterocycles. The fraction of sp³-hybridized carbons (Fsp3) is 0.286. The van der Waals surface area contributed by atoms with E-state index < -0.39 is 0 Å². The summed E-state index contributed by atoms with van der Waals surface area (Å²) in [6.45, 7) is 2.06. The van der Waals surface area contributed by atoms with E-state index in [9.17, 15) is 4.79 Å². The Labute approximate surface area is 158 Å². The van der Waals surface area contributed by atoms with Crippen molar-refractivity contribution in [3.8, 4) is 17.2 Å². The van der Waals surface area contributed by atoms with Gasteiger partial charge in [-0.1, -0.05) is 25.1 Å². The van der Waals surface area contributed by atoms with Crippen molar-refractivity contribution in [2.75, 3.05) is 26.6 Å². The van der Waals surface area contributed by atoms with E-state index in [1.807, 2.05) is 36.5 Å². The highest BCUT2D eigenvalue weighted by Crippen LogP contribution is 2.44. The molecule has 142 valence electrons. The number of benzene rings is 2. The van der Waals surface area contributed by atoms with E-state index in [1.165, 1.54) is 0 Å². The lowest BCUT2D eigenvalue weighted by atomic mass is 10.1. The summed E-state index contributed by atoms with van der Waals surface area (Å²) in [5.41, 5.74) is 3.60. The van der Waals surface area contributed by atoms with Crippen LogP contribution in [0.5, 0.6) is 17.2 Å². The van der Waals surface area contributed by atoms with E-state index in [-0.39, 0.29) is 12.3 Å². The van der Waals surface area contributed by atoms with Gasteiger partial charge in [-0.2, -0.15) is 0 Å². The average molecular weight is 368 g/mol. The summed E-state index contributed by atoms with van der Waals surface area (Å²) in [5.74, 6) is 1.53. The Morgan fingerprint density at radius 1 is 1.04 bits per heavy atom. The molecule has 6 heteroatoms. The number of anilines is 1. The van der Waals surface area contributed by atoms with E-state index in [2.05, 4.69) is 17.2 Å². The molecule has 2 N–H and O–H groups in total. The Morgan fingerprint density at radius 2 is 1.78 bits per heavy atom. The number of amides is 1. The first-order valence-corrected chi connectivity index (χ1v) is 8.79. The van der Waals surface area contributed by atoms with Gasteiger partial charge in [-0.25, -0.2) is 0 Å². The van der Waals surface area contributed by atoms with E-state index >= 15 is 0 Å². The molecule has 6 nitrogen and oxygen atoms in total. The molecule has 0 aliphatic carbocycles. The van der Waals surface area contributed by atoms with Crippen molar-refractivity contribution in [3.05, 3.63) is 47.7 Å². The minimum absolute atomic E-state index is 0.0892. The van der Waals surface area contributed by atoms with Crippen LogP contribution in [-0.2, 0) is 17.6 Å². The maximum absolute atomic E-state index is 12.6. The summed E-state index contributed by atoms with van der Waals surface area (Å²) in [6, 6.07) is 9.66. The van der Waals surface area contributed by atoms with Crippen molar-refractivity contribution in [2.45, 2.75) is 19.8 Å². The minimum Gasteiger partial charge on any atom is -0.493 e. The van der Waals surface area contributed by atoms with Crippen LogP contribution in [0.4, 0.5) is 5.69 Å². The van der Waals surface area contributed by atoms with E-state index in [0.717, 1.165) is 34.1 Å².